The van der Waals surface area contributed by atoms with E-state index in [0.717, 1.165) is 38.9 Å². The van der Waals surface area contributed by atoms with Crippen molar-refractivity contribution in [1.82, 2.24) is 34.4 Å². The van der Waals surface area contributed by atoms with Crippen LogP contribution in [0.1, 0.15) is 48.5 Å². The zero-order valence-corrected chi connectivity index (χ0v) is 24.3. The molecule has 0 saturated carbocycles. The number of imidazole rings is 1. The quantitative estimate of drug-likeness (QED) is 0.219. The van der Waals surface area contributed by atoms with E-state index in [0.29, 0.717) is 47.6 Å². The number of aromatic nitrogens is 7. The second-order valence-electron chi connectivity index (χ2n) is 11.1. The maximum atomic E-state index is 13.9. The first-order chi connectivity index (χ1) is 20.8. The van der Waals surface area contributed by atoms with Crippen molar-refractivity contribution in [3.05, 3.63) is 112 Å². The van der Waals surface area contributed by atoms with E-state index in [-0.39, 0.29) is 11.5 Å². The Hall–Kier alpha value is -5.38. The van der Waals surface area contributed by atoms with Gasteiger partial charge in [0.15, 0.2) is 0 Å². The topological polar surface area (TPSA) is 118 Å². The lowest BCUT2D eigenvalue weighted by atomic mass is 10.0. The number of hydrogen-bond acceptors (Lipinski definition) is 8. The van der Waals surface area contributed by atoms with Crippen LogP contribution in [-0.4, -0.2) is 34.4 Å². The molecule has 0 aliphatic heterocycles. The highest BCUT2D eigenvalue weighted by Crippen LogP contribution is 2.26. The molecule has 0 spiro atoms. The van der Waals surface area contributed by atoms with Crippen molar-refractivity contribution < 1.29 is 9.05 Å². The van der Waals surface area contributed by atoms with E-state index in [2.05, 4.69) is 69.0 Å². The van der Waals surface area contributed by atoms with Crippen LogP contribution in [0.4, 0.5) is 0 Å². The lowest BCUT2D eigenvalue weighted by Gasteiger charge is -2.13. The number of benzene rings is 3. The molecule has 214 valence electrons. The second kappa shape index (κ2) is 10.5. The molecule has 0 aliphatic rings. The SMILES string of the molecule is Cc1nc(-c2ccc(Cn3ccc4nc(C(C)C)n(Cc5ccc6ccc(-c7noc(C)n7)cc6c5)c4c3=O)cc2)no1. The van der Waals surface area contributed by atoms with E-state index in [1.165, 1.54) is 0 Å². The van der Waals surface area contributed by atoms with Crippen molar-refractivity contribution in [2.75, 3.05) is 0 Å². The first kappa shape index (κ1) is 26.5. The minimum Gasteiger partial charge on any atom is -0.339 e. The Morgan fingerprint density at radius 2 is 1.37 bits per heavy atom. The van der Waals surface area contributed by atoms with Gasteiger partial charge >= 0.3 is 0 Å². The van der Waals surface area contributed by atoms with E-state index in [4.69, 9.17) is 14.0 Å². The molecule has 43 heavy (non-hydrogen) atoms. The molecule has 4 aromatic heterocycles. The van der Waals surface area contributed by atoms with Gasteiger partial charge in [0.25, 0.3) is 5.56 Å². The van der Waals surface area contributed by atoms with Gasteiger partial charge in [0.1, 0.15) is 11.3 Å². The summed E-state index contributed by atoms with van der Waals surface area (Å²) in [4.78, 5) is 27.5. The number of aryl methyl sites for hydroxylation is 2. The Morgan fingerprint density at radius 1 is 0.721 bits per heavy atom. The second-order valence-corrected chi connectivity index (χ2v) is 11.1. The van der Waals surface area contributed by atoms with Crippen LogP contribution >= 0.6 is 0 Å². The van der Waals surface area contributed by atoms with Crippen molar-refractivity contribution in [3.63, 3.8) is 0 Å². The van der Waals surface area contributed by atoms with E-state index in [1.807, 2.05) is 42.6 Å². The Labute approximate surface area is 246 Å². The summed E-state index contributed by atoms with van der Waals surface area (Å²) in [7, 11) is 0. The van der Waals surface area contributed by atoms with Gasteiger partial charge in [0.05, 0.1) is 12.1 Å². The number of rotatable bonds is 7. The van der Waals surface area contributed by atoms with E-state index >= 15 is 0 Å². The monoisotopic (exact) mass is 571 g/mol. The summed E-state index contributed by atoms with van der Waals surface area (Å²) in [5.41, 5.74) is 5.02. The maximum absolute atomic E-state index is 13.9. The van der Waals surface area contributed by atoms with Gasteiger partial charge in [0.2, 0.25) is 23.4 Å². The van der Waals surface area contributed by atoms with Gasteiger partial charge in [-0.25, -0.2) is 4.98 Å². The van der Waals surface area contributed by atoms with Gasteiger partial charge in [-0.15, -0.1) is 0 Å². The molecule has 0 N–H and O–H groups in total. The molecular weight excluding hydrogens is 542 g/mol. The highest BCUT2D eigenvalue weighted by atomic mass is 16.5. The number of hydrogen-bond donors (Lipinski definition) is 0. The molecular formula is C33H29N7O3. The molecule has 0 aliphatic carbocycles. The summed E-state index contributed by atoms with van der Waals surface area (Å²) in [6.07, 6.45) is 1.82. The van der Waals surface area contributed by atoms with Crippen molar-refractivity contribution in [3.8, 4) is 22.8 Å². The fourth-order valence-corrected chi connectivity index (χ4v) is 5.43. The third-order valence-electron chi connectivity index (χ3n) is 7.54. The highest BCUT2D eigenvalue weighted by Gasteiger charge is 2.18. The fraction of sp³-hybridized carbons (Fsp3) is 0.212. The van der Waals surface area contributed by atoms with Crippen LogP contribution in [0.5, 0.6) is 0 Å². The Bertz CT molecular complexity index is 2170. The standard InChI is InChI=1S/C33H29N7O3/c1-19(2)32-36-28-13-14-39(17-22-5-9-25(10-6-22)30-34-20(3)42-37-30)33(41)29(28)40(32)18-23-7-8-24-11-12-26(16-27(24)15-23)31-35-21(4)43-38-31/h5-16,19H,17-18H2,1-4H3. The molecule has 0 saturated heterocycles. The molecule has 3 aromatic carbocycles. The largest absolute Gasteiger partial charge is 0.339 e. The molecule has 0 fully saturated rings. The third kappa shape index (κ3) is 5.01. The van der Waals surface area contributed by atoms with Crippen LogP contribution in [-0.2, 0) is 13.1 Å². The minimum absolute atomic E-state index is 0.0784. The van der Waals surface area contributed by atoms with Gasteiger partial charge in [-0.2, -0.15) is 9.97 Å². The normalized spacial score (nSPS) is 11.7. The molecule has 4 heterocycles. The summed E-state index contributed by atoms with van der Waals surface area (Å²) in [5, 5.41) is 10.2. The summed E-state index contributed by atoms with van der Waals surface area (Å²) in [6, 6.07) is 22.2. The first-order valence-electron chi connectivity index (χ1n) is 14.1. The zero-order chi connectivity index (χ0) is 29.7. The van der Waals surface area contributed by atoms with E-state index < -0.39 is 0 Å². The zero-order valence-electron chi connectivity index (χ0n) is 24.3. The number of nitrogens with zero attached hydrogens (tertiary/aromatic N) is 7. The van der Waals surface area contributed by atoms with Crippen LogP contribution in [0.25, 0.3) is 44.6 Å². The lowest BCUT2D eigenvalue weighted by Crippen LogP contribution is -2.22. The predicted molar refractivity (Wildman–Crippen MR) is 163 cm³/mol. The molecule has 0 amide bonds. The van der Waals surface area contributed by atoms with Crippen molar-refractivity contribution in [1.29, 1.82) is 0 Å². The van der Waals surface area contributed by atoms with Gasteiger partial charge in [-0.1, -0.05) is 72.7 Å². The van der Waals surface area contributed by atoms with Crippen LogP contribution in [0.15, 0.2) is 86.8 Å². The number of fused-ring (bicyclic) bond motifs is 2. The summed E-state index contributed by atoms with van der Waals surface area (Å²) in [6.45, 7) is 8.68. The summed E-state index contributed by atoms with van der Waals surface area (Å²) < 4.78 is 14.1. The molecule has 0 unspecified atom stereocenters. The fourth-order valence-electron chi connectivity index (χ4n) is 5.43. The summed E-state index contributed by atoms with van der Waals surface area (Å²) >= 11 is 0. The minimum atomic E-state index is -0.0784. The van der Waals surface area contributed by atoms with E-state index in [9.17, 15) is 4.79 Å². The molecule has 0 atom stereocenters. The van der Waals surface area contributed by atoms with Gasteiger partial charge in [-0.3, -0.25) is 4.79 Å². The van der Waals surface area contributed by atoms with Gasteiger partial charge in [-0.05, 0) is 40.1 Å². The van der Waals surface area contributed by atoms with Crippen molar-refractivity contribution >= 4 is 21.8 Å². The maximum Gasteiger partial charge on any atom is 0.277 e. The van der Waals surface area contributed by atoms with Crippen LogP contribution in [0.3, 0.4) is 0 Å². The Balaban J connectivity index is 1.24. The number of pyridine rings is 1. The van der Waals surface area contributed by atoms with E-state index in [1.54, 1.807) is 18.4 Å². The van der Waals surface area contributed by atoms with Crippen LogP contribution in [0.2, 0.25) is 0 Å². The highest BCUT2D eigenvalue weighted by molar-refractivity contribution is 5.87. The lowest BCUT2D eigenvalue weighted by molar-refractivity contribution is 0.394. The molecule has 10 heteroatoms. The molecule has 7 aromatic rings. The smallest absolute Gasteiger partial charge is 0.277 e. The molecule has 0 radical (unpaired) electrons. The predicted octanol–water partition coefficient (Wildman–Crippen LogP) is 6.29. The summed E-state index contributed by atoms with van der Waals surface area (Å²) in [5.74, 6) is 3.16. The molecule has 10 nitrogen and oxygen atoms in total. The van der Waals surface area contributed by atoms with Gasteiger partial charge < -0.3 is 18.2 Å². The van der Waals surface area contributed by atoms with Crippen LogP contribution in [0, 0.1) is 13.8 Å². The van der Waals surface area contributed by atoms with Crippen molar-refractivity contribution in [2.24, 2.45) is 0 Å². The van der Waals surface area contributed by atoms with Crippen molar-refractivity contribution in [2.45, 2.75) is 46.7 Å². The average molecular weight is 572 g/mol. The molecule has 7 rings (SSSR count). The van der Waals surface area contributed by atoms with Crippen LogP contribution < -0.4 is 5.56 Å². The average Bonchev–Trinajstić information content (AvgIpc) is 3.73. The van der Waals surface area contributed by atoms with Gasteiger partial charge in [0, 0.05) is 43.6 Å². The Kier molecular flexibility index (Phi) is 6.46. The third-order valence-corrected chi connectivity index (χ3v) is 7.54. The Morgan fingerprint density at radius 3 is 2.05 bits per heavy atom. The molecule has 0 bridgehead atoms. The first-order valence-corrected chi connectivity index (χ1v) is 14.1.